The lowest BCUT2D eigenvalue weighted by Crippen LogP contribution is -2.44. The monoisotopic (exact) mass is 486 g/mol. The summed E-state index contributed by atoms with van der Waals surface area (Å²) in [6.07, 6.45) is 3.42. The lowest BCUT2D eigenvalue weighted by Gasteiger charge is -2.23. The topological polar surface area (TPSA) is 118 Å². The second-order valence-electron chi connectivity index (χ2n) is 6.29. The molecule has 0 aliphatic heterocycles. The van der Waals surface area contributed by atoms with Gasteiger partial charge in [-0.1, -0.05) is 12.1 Å². The SMILES string of the molecule is CCNC(=NCc1cccc(C(N)=O)c1)NCC(C)(O)c1cnn(C)c1.I. The number of aromatic nitrogens is 2. The number of benzene rings is 1. The summed E-state index contributed by atoms with van der Waals surface area (Å²) in [5.41, 5.74) is 6.26. The highest BCUT2D eigenvalue weighted by Crippen LogP contribution is 2.18. The molecule has 0 saturated carbocycles. The second kappa shape index (κ2) is 10.3. The van der Waals surface area contributed by atoms with Crippen molar-refractivity contribution in [1.29, 1.82) is 0 Å². The molecule has 1 aromatic heterocycles. The van der Waals surface area contributed by atoms with E-state index in [-0.39, 0.29) is 30.5 Å². The van der Waals surface area contributed by atoms with E-state index in [0.29, 0.717) is 24.6 Å². The fraction of sp³-hybridized carbons (Fsp3) is 0.389. The van der Waals surface area contributed by atoms with Gasteiger partial charge in [-0.2, -0.15) is 5.10 Å². The first kappa shape index (κ1) is 22.9. The number of guanidine groups is 1. The molecule has 5 N–H and O–H groups in total. The largest absolute Gasteiger partial charge is 0.383 e. The van der Waals surface area contributed by atoms with E-state index in [1.807, 2.05) is 13.0 Å². The number of carbonyl (C=O) groups is 1. The smallest absolute Gasteiger partial charge is 0.248 e. The highest BCUT2D eigenvalue weighted by molar-refractivity contribution is 14.0. The fourth-order valence-corrected chi connectivity index (χ4v) is 2.39. The van der Waals surface area contributed by atoms with E-state index in [2.05, 4.69) is 20.7 Å². The summed E-state index contributed by atoms with van der Waals surface area (Å²) < 4.78 is 1.65. The number of nitrogens with two attached hydrogens (primary N) is 1. The van der Waals surface area contributed by atoms with Crippen molar-refractivity contribution in [3.05, 3.63) is 53.3 Å². The van der Waals surface area contributed by atoms with Gasteiger partial charge in [-0.05, 0) is 31.5 Å². The molecule has 0 aliphatic carbocycles. The van der Waals surface area contributed by atoms with Crippen LogP contribution < -0.4 is 16.4 Å². The summed E-state index contributed by atoms with van der Waals surface area (Å²) >= 11 is 0. The van der Waals surface area contributed by atoms with Crippen LogP contribution in [0.3, 0.4) is 0 Å². The number of aliphatic imine (C=N–C) groups is 1. The molecule has 0 saturated heterocycles. The zero-order chi connectivity index (χ0) is 19.2. The fourth-order valence-electron chi connectivity index (χ4n) is 2.39. The summed E-state index contributed by atoms with van der Waals surface area (Å²) in [4.78, 5) is 15.8. The van der Waals surface area contributed by atoms with Crippen LogP contribution >= 0.6 is 24.0 Å². The van der Waals surface area contributed by atoms with Gasteiger partial charge in [0, 0.05) is 30.9 Å². The first-order chi connectivity index (χ1) is 12.3. The molecule has 0 aliphatic rings. The number of carbonyl (C=O) groups excluding carboxylic acids is 1. The number of amides is 1. The van der Waals surface area contributed by atoms with Crippen molar-refractivity contribution in [2.24, 2.45) is 17.8 Å². The molecule has 1 amide bonds. The van der Waals surface area contributed by atoms with Gasteiger partial charge in [0.25, 0.3) is 0 Å². The Hall–Kier alpha value is -2.14. The minimum Gasteiger partial charge on any atom is -0.383 e. The molecule has 1 aromatic carbocycles. The van der Waals surface area contributed by atoms with Gasteiger partial charge < -0.3 is 21.5 Å². The van der Waals surface area contributed by atoms with Crippen LogP contribution in [0.2, 0.25) is 0 Å². The number of hydrogen-bond donors (Lipinski definition) is 4. The number of aryl methyl sites for hydroxylation is 1. The van der Waals surface area contributed by atoms with Crippen LogP contribution in [0.5, 0.6) is 0 Å². The van der Waals surface area contributed by atoms with Crippen LogP contribution in [0.25, 0.3) is 0 Å². The van der Waals surface area contributed by atoms with E-state index in [1.54, 1.807) is 49.2 Å². The Morgan fingerprint density at radius 2 is 2.15 bits per heavy atom. The maximum absolute atomic E-state index is 11.3. The van der Waals surface area contributed by atoms with Crippen molar-refractivity contribution in [3.8, 4) is 0 Å². The predicted molar refractivity (Wildman–Crippen MR) is 116 cm³/mol. The average Bonchev–Trinajstić information content (AvgIpc) is 3.05. The Balaban J connectivity index is 0.00000364. The molecule has 2 aromatic rings. The van der Waals surface area contributed by atoms with E-state index in [0.717, 1.165) is 11.1 Å². The van der Waals surface area contributed by atoms with Gasteiger partial charge in [-0.25, -0.2) is 4.99 Å². The third kappa shape index (κ3) is 6.83. The third-order valence-electron chi connectivity index (χ3n) is 3.90. The second-order valence-corrected chi connectivity index (χ2v) is 6.29. The van der Waals surface area contributed by atoms with Crippen molar-refractivity contribution in [1.82, 2.24) is 20.4 Å². The van der Waals surface area contributed by atoms with E-state index < -0.39 is 11.5 Å². The highest BCUT2D eigenvalue weighted by atomic mass is 127. The number of primary amides is 1. The number of nitrogens with one attached hydrogen (secondary N) is 2. The normalized spacial score (nSPS) is 13.4. The van der Waals surface area contributed by atoms with Crippen LogP contribution in [0.15, 0.2) is 41.7 Å². The van der Waals surface area contributed by atoms with Crippen LogP contribution in [-0.2, 0) is 19.2 Å². The lowest BCUT2D eigenvalue weighted by molar-refractivity contribution is 0.0616. The number of rotatable bonds is 7. The Morgan fingerprint density at radius 3 is 2.74 bits per heavy atom. The molecule has 2 rings (SSSR count). The zero-order valence-electron chi connectivity index (χ0n) is 15.8. The van der Waals surface area contributed by atoms with Crippen molar-refractivity contribution in [2.75, 3.05) is 13.1 Å². The van der Waals surface area contributed by atoms with Crippen LogP contribution in [0, 0.1) is 0 Å². The summed E-state index contributed by atoms with van der Waals surface area (Å²) in [6.45, 7) is 5.01. The summed E-state index contributed by atoms with van der Waals surface area (Å²) in [5.74, 6) is 0.106. The maximum Gasteiger partial charge on any atom is 0.248 e. The Bertz CT molecular complexity index is 788. The number of nitrogens with zero attached hydrogens (tertiary/aromatic N) is 3. The van der Waals surface area contributed by atoms with Gasteiger partial charge in [0.05, 0.1) is 19.3 Å². The van der Waals surface area contributed by atoms with Crippen molar-refractivity contribution < 1.29 is 9.90 Å². The minimum atomic E-state index is -1.09. The molecule has 148 valence electrons. The molecule has 1 unspecified atom stereocenters. The standard InChI is InChI=1S/C18H26N6O2.HI/c1-4-20-17(21-9-13-6-5-7-14(8-13)16(19)25)22-12-18(2,26)15-10-23-24(3)11-15;/h5-8,10-11,26H,4,9,12H2,1-3H3,(H2,19,25)(H2,20,21,22);1H. The van der Waals surface area contributed by atoms with Crippen LogP contribution in [-0.4, -0.2) is 39.8 Å². The van der Waals surface area contributed by atoms with Gasteiger partial charge in [0.15, 0.2) is 5.96 Å². The number of aliphatic hydroxyl groups is 1. The quantitative estimate of drug-likeness (QED) is 0.266. The Labute approximate surface area is 176 Å². The Kier molecular flexibility index (Phi) is 8.70. The molecule has 0 spiro atoms. The Morgan fingerprint density at radius 1 is 1.41 bits per heavy atom. The molecular formula is C18H27IN6O2. The molecule has 27 heavy (non-hydrogen) atoms. The molecule has 1 heterocycles. The number of halogens is 1. The first-order valence-corrected chi connectivity index (χ1v) is 8.44. The van der Waals surface area contributed by atoms with E-state index in [9.17, 15) is 9.90 Å². The van der Waals surface area contributed by atoms with Gasteiger partial charge in [-0.3, -0.25) is 9.48 Å². The molecule has 0 bridgehead atoms. The molecule has 8 nitrogen and oxygen atoms in total. The van der Waals surface area contributed by atoms with E-state index >= 15 is 0 Å². The van der Waals surface area contributed by atoms with E-state index in [4.69, 9.17) is 5.73 Å². The highest BCUT2D eigenvalue weighted by Gasteiger charge is 2.24. The summed E-state index contributed by atoms with van der Waals surface area (Å²) in [6, 6.07) is 7.05. The van der Waals surface area contributed by atoms with Crippen molar-refractivity contribution in [2.45, 2.75) is 26.0 Å². The maximum atomic E-state index is 11.3. The summed E-state index contributed by atoms with van der Waals surface area (Å²) in [5, 5.41) is 21.0. The van der Waals surface area contributed by atoms with E-state index in [1.165, 1.54) is 0 Å². The van der Waals surface area contributed by atoms with Gasteiger partial charge in [0.1, 0.15) is 5.60 Å². The average molecular weight is 486 g/mol. The lowest BCUT2D eigenvalue weighted by atomic mass is 10.00. The first-order valence-electron chi connectivity index (χ1n) is 8.44. The summed E-state index contributed by atoms with van der Waals surface area (Å²) in [7, 11) is 1.80. The van der Waals surface area contributed by atoms with Crippen molar-refractivity contribution in [3.63, 3.8) is 0 Å². The zero-order valence-corrected chi connectivity index (χ0v) is 18.1. The third-order valence-corrected chi connectivity index (χ3v) is 3.90. The van der Waals surface area contributed by atoms with Gasteiger partial charge in [-0.15, -0.1) is 24.0 Å². The van der Waals surface area contributed by atoms with Crippen molar-refractivity contribution >= 4 is 35.8 Å². The number of hydrogen-bond acceptors (Lipinski definition) is 4. The van der Waals surface area contributed by atoms with Crippen LogP contribution in [0.4, 0.5) is 0 Å². The van der Waals surface area contributed by atoms with Gasteiger partial charge in [0.2, 0.25) is 5.91 Å². The molecule has 9 heteroatoms. The van der Waals surface area contributed by atoms with Gasteiger partial charge >= 0.3 is 0 Å². The molecule has 1 atom stereocenters. The van der Waals surface area contributed by atoms with Crippen LogP contribution in [0.1, 0.15) is 35.3 Å². The predicted octanol–water partition coefficient (Wildman–Crippen LogP) is 1.10. The molecular weight excluding hydrogens is 459 g/mol. The molecule has 0 fully saturated rings. The minimum absolute atomic E-state index is 0. The molecule has 0 radical (unpaired) electrons.